The molecule has 2 N–H and O–H groups in total. The van der Waals surface area contributed by atoms with Crippen LogP contribution in [0.4, 0.5) is 0 Å². The minimum Gasteiger partial charge on any atom is -0.417 e. The van der Waals surface area contributed by atoms with Crippen LogP contribution in [0, 0.1) is 11.8 Å². The van der Waals surface area contributed by atoms with Crippen LogP contribution < -0.4 is 5.32 Å². The van der Waals surface area contributed by atoms with E-state index < -0.39 is 63.5 Å². The van der Waals surface area contributed by atoms with E-state index in [1.807, 2.05) is 0 Å². The van der Waals surface area contributed by atoms with Crippen LogP contribution in [0.2, 0.25) is 0 Å². The fourth-order valence-corrected chi connectivity index (χ4v) is 5.62. The molecule has 1 fully saturated rings. The van der Waals surface area contributed by atoms with E-state index in [4.69, 9.17) is 9.47 Å². The Balaban J connectivity index is 1.68. The van der Waals surface area contributed by atoms with Gasteiger partial charge in [-0.15, -0.1) is 0 Å². The minimum atomic E-state index is -4.24. The summed E-state index contributed by atoms with van der Waals surface area (Å²) in [5, 5.41) is 12.4. The Morgan fingerprint density at radius 1 is 1.32 bits per heavy atom. The van der Waals surface area contributed by atoms with Crippen LogP contribution in [0.25, 0.3) is 0 Å². The predicted molar refractivity (Wildman–Crippen MR) is 115 cm³/mol. The van der Waals surface area contributed by atoms with Crippen molar-refractivity contribution in [2.45, 2.75) is 32.6 Å². The normalized spacial score (nSPS) is 24.4. The largest absolute Gasteiger partial charge is 0.417 e. The maximum Gasteiger partial charge on any atom is 0.359 e. The number of fused-ring (bicyclic) bond motifs is 2. The van der Waals surface area contributed by atoms with Crippen LogP contribution in [-0.4, -0.2) is 54.8 Å². The van der Waals surface area contributed by atoms with Crippen molar-refractivity contribution in [3.8, 4) is 0 Å². The van der Waals surface area contributed by atoms with Crippen LogP contribution in [0.15, 0.2) is 46.5 Å². The van der Waals surface area contributed by atoms with E-state index in [0.29, 0.717) is 5.56 Å². The van der Waals surface area contributed by atoms with Crippen molar-refractivity contribution >= 4 is 33.6 Å². The topological polar surface area (TPSA) is 156 Å². The molecule has 0 aromatic heterocycles. The Morgan fingerprint density at radius 2 is 2.03 bits per heavy atom. The lowest BCUT2D eigenvalue weighted by Crippen LogP contribution is -2.61. The van der Waals surface area contributed by atoms with E-state index in [0.717, 1.165) is 16.5 Å². The molecule has 11 nitrogen and oxygen atoms in total. The first kappa shape index (κ1) is 23.6. The van der Waals surface area contributed by atoms with Crippen LogP contribution in [0.1, 0.15) is 42.5 Å². The number of β-lactam (4-membered cyclic amide) rings is 1. The fourth-order valence-electron chi connectivity index (χ4n) is 4.36. The van der Waals surface area contributed by atoms with E-state index >= 15 is 0 Å². The van der Waals surface area contributed by atoms with E-state index in [2.05, 4.69) is 5.32 Å². The standard InChI is InChI=1S/C22H22N2O9S/c1-11(10-25)17-15-9-16(34(30,31)8-7-23-12(2)26)18(24(15)19(17)27)21(29)33-22-14-6-4-3-5-13(14)20(28)32-22/h3-8,11,15,17,22,25H,9-10H2,1-2H3,(H,23,26). The van der Waals surface area contributed by atoms with Crippen molar-refractivity contribution in [1.82, 2.24) is 10.2 Å². The predicted octanol–water partition coefficient (Wildman–Crippen LogP) is 0.492. The van der Waals surface area contributed by atoms with Gasteiger partial charge in [0, 0.05) is 31.7 Å². The number of carbonyl (C=O) groups is 4. The van der Waals surface area contributed by atoms with Crippen molar-refractivity contribution in [3.63, 3.8) is 0 Å². The minimum absolute atomic E-state index is 0.168. The van der Waals surface area contributed by atoms with Gasteiger partial charge in [-0.1, -0.05) is 25.1 Å². The number of aliphatic hydroxyl groups is 1. The summed E-state index contributed by atoms with van der Waals surface area (Å²) in [5.74, 6) is -3.99. The van der Waals surface area contributed by atoms with Crippen molar-refractivity contribution < 1.29 is 42.2 Å². The molecule has 3 aliphatic heterocycles. The number of amides is 2. The number of nitrogens with one attached hydrogen (secondary N) is 1. The number of cyclic esters (lactones) is 1. The van der Waals surface area contributed by atoms with Crippen LogP contribution >= 0.6 is 0 Å². The van der Waals surface area contributed by atoms with Gasteiger partial charge in [0.1, 0.15) is 5.70 Å². The molecule has 1 aromatic carbocycles. The van der Waals surface area contributed by atoms with E-state index in [1.165, 1.54) is 19.1 Å². The smallest absolute Gasteiger partial charge is 0.359 e. The van der Waals surface area contributed by atoms with Gasteiger partial charge in [0.2, 0.25) is 11.8 Å². The van der Waals surface area contributed by atoms with Gasteiger partial charge in [0.25, 0.3) is 6.29 Å². The zero-order chi connectivity index (χ0) is 24.8. The van der Waals surface area contributed by atoms with Gasteiger partial charge in [0.05, 0.1) is 27.8 Å². The molecule has 12 heteroatoms. The van der Waals surface area contributed by atoms with E-state index in [-0.39, 0.29) is 23.5 Å². The highest BCUT2D eigenvalue weighted by Crippen LogP contribution is 2.47. The maximum absolute atomic E-state index is 13.2. The summed E-state index contributed by atoms with van der Waals surface area (Å²) < 4.78 is 36.5. The third-order valence-electron chi connectivity index (χ3n) is 6.00. The van der Waals surface area contributed by atoms with Gasteiger partial charge < -0.3 is 24.8 Å². The zero-order valence-corrected chi connectivity index (χ0v) is 19.1. The number of sulfone groups is 1. The molecule has 180 valence electrons. The van der Waals surface area contributed by atoms with Crippen LogP contribution in [-0.2, 0) is 33.7 Å². The molecule has 0 aliphatic carbocycles. The summed E-state index contributed by atoms with van der Waals surface area (Å²) in [6.07, 6.45) is -0.641. The first-order valence-corrected chi connectivity index (χ1v) is 12.0. The summed E-state index contributed by atoms with van der Waals surface area (Å²) in [6, 6.07) is 5.61. The average molecular weight is 490 g/mol. The lowest BCUT2D eigenvalue weighted by molar-refractivity contribution is -0.171. The van der Waals surface area contributed by atoms with Gasteiger partial charge in [-0.25, -0.2) is 18.0 Å². The first-order chi connectivity index (χ1) is 16.1. The number of carbonyl (C=O) groups excluding carboxylic acids is 4. The summed E-state index contributed by atoms with van der Waals surface area (Å²) in [4.78, 5) is 49.8. The molecule has 4 rings (SSSR count). The summed E-state index contributed by atoms with van der Waals surface area (Å²) >= 11 is 0. The molecule has 0 radical (unpaired) electrons. The summed E-state index contributed by atoms with van der Waals surface area (Å²) in [7, 11) is -4.24. The molecule has 1 saturated heterocycles. The highest BCUT2D eigenvalue weighted by molar-refractivity contribution is 7.98. The Bertz CT molecular complexity index is 1250. The Hall–Kier alpha value is -3.51. The van der Waals surface area contributed by atoms with Gasteiger partial charge >= 0.3 is 11.9 Å². The van der Waals surface area contributed by atoms with Gasteiger partial charge in [-0.2, -0.15) is 0 Å². The quantitative estimate of drug-likeness (QED) is 0.410. The lowest BCUT2D eigenvalue weighted by atomic mass is 9.78. The van der Waals surface area contributed by atoms with E-state index in [1.54, 1.807) is 19.1 Å². The molecule has 0 saturated carbocycles. The lowest BCUT2D eigenvalue weighted by Gasteiger charge is -2.45. The van der Waals surface area contributed by atoms with Crippen molar-refractivity contribution in [2.75, 3.05) is 6.61 Å². The average Bonchev–Trinajstić information content (AvgIpc) is 3.29. The molecule has 2 amide bonds. The van der Waals surface area contributed by atoms with Crippen LogP contribution in [0.5, 0.6) is 0 Å². The van der Waals surface area contributed by atoms with Crippen molar-refractivity contribution in [3.05, 3.63) is 57.6 Å². The third kappa shape index (κ3) is 3.88. The molecule has 4 unspecified atom stereocenters. The monoisotopic (exact) mass is 490 g/mol. The number of nitrogens with zero attached hydrogens (tertiary/aromatic N) is 1. The number of rotatable bonds is 7. The molecular weight excluding hydrogens is 468 g/mol. The third-order valence-corrected chi connectivity index (χ3v) is 7.54. The van der Waals surface area contributed by atoms with Gasteiger partial charge in [-0.05, 0) is 12.0 Å². The zero-order valence-electron chi connectivity index (χ0n) is 18.3. The van der Waals surface area contributed by atoms with Crippen molar-refractivity contribution in [1.29, 1.82) is 0 Å². The molecular formula is C22H22N2O9S. The highest BCUT2D eigenvalue weighted by Gasteiger charge is 2.58. The number of hydrogen-bond acceptors (Lipinski definition) is 9. The summed E-state index contributed by atoms with van der Waals surface area (Å²) in [6.45, 7) is 2.55. The molecule has 34 heavy (non-hydrogen) atoms. The Morgan fingerprint density at radius 3 is 2.71 bits per heavy atom. The molecule has 0 bridgehead atoms. The number of benzene rings is 1. The second-order valence-corrected chi connectivity index (χ2v) is 10.1. The highest BCUT2D eigenvalue weighted by atomic mass is 32.2. The summed E-state index contributed by atoms with van der Waals surface area (Å²) in [5.41, 5.74) is 0.0403. The van der Waals surface area contributed by atoms with Gasteiger partial charge in [-0.3, -0.25) is 9.59 Å². The second kappa shape index (κ2) is 8.69. The number of aliphatic hydroxyl groups excluding tert-OH is 1. The Kier molecular flexibility index (Phi) is 6.04. The number of esters is 2. The second-order valence-electron chi connectivity index (χ2n) is 8.22. The SMILES string of the molecule is CC(=O)NC=CS(=O)(=O)C1=C(C(=O)OC2OC(=O)c3ccccc32)N2C(=O)C(C(C)CO)C2C1. The number of ether oxygens (including phenoxy) is 2. The molecule has 3 aliphatic rings. The first-order valence-electron chi connectivity index (χ1n) is 10.4. The fraction of sp³-hybridized carbons (Fsp3) is 0.364. The maximum atomic E-state index is 13.2. The molecule has 1 aromatic rings. The molecule has 3 heterocycles. The van der Waals surface area contributed by atoms with Crippen molar-refractivity contribution in [2.24, 2.45) is 11.8 Å². The Labute approximate surface area is 194 Å². The number of hydrogen-bond donors (Lipinski definition) is 2. The van der Waals surface area contributed by atoms with E-state index in [9.17, 15) is 32.7 Å². The molecule has 4 atom stereocenters. The van der Waals surface area contributed by atoms with Crippen LogP contribution in [0.3, 0.4) is 0 Å². The van der Waals surface area contributed by atoms with Gasteiger partial charge in [0.15, 0.2) is 9.84 Å². The molecule has 0 spiro atoms.